The van der Waals surface area contributed by atoms with Crippen LogP contribution in [-0.4, -0.2) is 30.4 Å². The maximum Gasteiger partial charge on any atom is 0.120 e. The summed E-state index contributed by atoms with van der Waals surface area (Å²) in [6.45, 7) is 0.941. The Balaban J connectivity index is 1.44. The van der Waals surface area contributed by atoms with Crippen molar-refractivity contribution in [2.75, 3.05) is 13.2 Å². The highest BCUT2D eigenvalue weighted by Crippen LogP contribution is 2.21. The summed E-state index contributed by atoms with van der Waals surface area (Å²) in [5.74, 6) is 0.817. The Morgan fingerprint density at radius 3 is 2.52 bits per heavy atom. The van der Waals surface area contributed by atoms with Gasteiger partial charge in [-0.3, -0.25) is 0 Å². The van der Waals surface area contributed by atoms with Gasteiger partial charge in [-0.2, -0.15) is 0 Å². The molecular formula is C20H27NO2. The van der Waals surface area contributed by atoms with Gasteiger partial charge in [0.15, 0.2) is 0 Å². The quantitative estimate of drug-likeness (QED) is 0.795. The van der Waals surface area contributed by atoms with Crippen molar-refractivity contribution in [1.29, 1.82) is 0 Å². The maximum atomic E-state index is 10.1. The second kappa shape index (κ2) is 8.32. The lowest BCUT2D eigenvalue weighted by atomic mass is 10.1. The Bertz CT molecular complexity index is 605. The highest BCUT2D eigenvalue weighted by atomic mass is 16.5. The van der Waals surface area contributed by atoms with Crippen LogP contribution < -0.4 is 10.1 Å². The SMILES string of the molecule is OC(CNC1CCCCCC1)COc1ccc2ccccc2c1. The molecule has 3 rings (SSSR count). The van der Waals surface area contributed by atoms with E-state index in [1.165, 1.54) is 43.9 Å². The van der Waals surface area contributed by atoms with Crippen molar-refractivity contribution < 1.29 is 9.84 Å². The predicted octanol–water partition coefficient (Wildman–Crippen LogP) is 3.89. The molecule has 1 atom stereocenters. The Morgan fingerprint density at radius 2 is 1.74 bits per heavy atom. The van der Waals surface area contributed by atoms with Crippen LogP contribution in [0.5, 0.6) is 5.75 Å². The number of ether oxygens (including phenoxy) is 1. The normalized spacial score (nSPS) is 17.8. The minimum absolute atomic E-state index is 0.331. The van der Waals surface area contributed by atoms with Crippen LogP contribution in [0, 0.1) is 0 Å². The van der Waals surface area contributed by atoms with E-state index in [-0.39, 0.29) is 0 Å². The summed E-state index contributed by atoms with van der Waals surface area (Å²) >= 11 is 0. The van der Waals surface area contributed by atoms with Crippen LogP contribution in [0.2, 0.25) is 0 Å². The summed E-state index contributed by atoms with van der Waals surface area (Å²) in [4.78, 5) is 0. The molecular weight excluding hydrogens is 286 g/mol. The monoisotopic (exact) mass is 313 g/mol. The minimum Gasteiger partial charge on any atom is -0.491 e. The highest BCUT2D eigenvalue weighted by Gasteiger charge is 2.13. The topological polar surface area (TPSA) is 41.5 Å². The minimum atomic E-state index is -0.468. The molecule has 0 aliphatic heterocycles. The molecule has 1 aliphatic carbocycles. The first-order chi connectivity index (χ1) is 11.3. The van der Waals surface area contributed by atoms with Gasteiger partial charge in [0.25, 0.3) is 0 Å². The second-order valence-corrected chi connectivity index (χ2v) is 6.57. The largest absolute Gasteiger partial charge is 0.491 e. The van der Waals surface area contributed by atoms with Crippen molar-refractivity contribution in [3.63, 3.8) is 0 Å². The van der Waals surface area contributed by atoms with Crippen molar-refractivity contribution in [2.24, 2.45) is 0 Å². The van der Waals surface area contributed by atoms with Gasteiger partial charge in [0.2, 0.25) is 0 Å². The Labute approximate surface area is 138 Å². The van der Waals surface area contributed by atoms with E-state index in [4.69, 9.17) is 4.74 Å². The Kier molecular flexibility index (Phi) is 5.89. The summed E-state index contributed by atoms with van der Waals surface area (Å²) < 4.78 is 5.75. The summed E-state index contributed by atoms with van der Waals surface area (Å²) in [7, 11) is 0. The van der Waals surface area contributed by atoms with Crippen molar-refractivity contribution >= 4 is 10.8 Å². The second-order valence-electron chi connectivity index (χ2n) is 6.57. The van der Waals surface area contributed by atoms with E-state index < -0.39 is 6.10 Å². The standard InChI is InChI=1S/C20H27NO2/c22-19(14-21-18-9-3-1-2-4-10-18)15-23-20-12-11-16-7-5-6-8-17(16)13-20/h5-8,11-13,18-19,21-22H,1-4,9-10,14-15H2. The molecule has 0 saturated heterocycles. The summed E-state index contributed by atoms with van der Waals surface area (Å²) in [5.41, 5.74) is 0. The van der Waals surface area contributed by atoms with Gasteiger partial charge in [-0.05, 0) is 35.7 Å². The van der Waals surface area contributed by atoms with Gasteiger partial charge in [0.1, 0.15) is 18.5 Å². The van der Waals surface area contributed by atoms with Crippen LogP contribution >= 0.6 is 0 Å². The van der Waals surface area contributed by atoms with E-state index in [0.29, 0.717) is 19.2 Å². The molecule has 1 fully saturated rings. The smallest absolute Gasteiger partial charge is 0.120 e. The molecule has 23 heavy (non-hydrogen) atoms. The predicted molar refractivity (Wildman–Crippen MR) is 94.9 cm³/mol. The van der Waals surface area contributed by atoms with Gasteiger partial charge >= 0.3 is 0 Å². The third kappa shape index (κ3) is 4.95. The van der Waals surface area contributed by atoms with Gasteiger partial charge in [-0.1, -0.05) is 56.0 Å². The molecule has 0 heterocycles. The van der Waals surface area contributed by atoms with Crippen LogP contribution in [0.1, 0.15) is 38.5 Å². The number of aliphatic hydroxyl groups is 1. The molecule has 3 heteroatoms. The fourth-order valence-electron chi connectivity index (χ4n) is 3.29. The Hall–Kier alpha value is -1.58. The van der Waals surface area contributed by atoms with E-state index in [1.54, 1.807) is 0 Å². The van der Waals surface area contributed by atoms with Crippen LogP contribution in [0.15, 0.2) is 42.5 Å². The highest BCUT2D eigenvalue weighted by molar-refractivity contribution is 5.83. The molecule has 0 spiro atoms. The van der Waals surface area contributed by atoms with Crippen molar-refractivity contribution in [3.05, 3.63) is 42.5 Å². The zero-order valence-corrected chi connectivity index (χ0v) is 13.7. The van der Waals surface area contributed by atoms with E-state index in [0.717, 1.165) is 11.1 Å². The third-order valence-corrected chi connectivity index (χ3v) is 4.66. The molecule has 124 valence electrons. The molecule has 1 saturated carbocycles. The molecule has 2 N–H and O–H groups in total. The van der Waals surface area contributed by atoms with Crippen LogP contribution in [0.4, 0.5) is 0 Å². The van der Waals surface area contributed by atoms with Crippen molar-refractivity contribution in [3.8, 4) is 5.75 Å². The molecule has 0 radical (unpaired) electrons. The van der Waals surface area contributed by atoms with E-state index in [9.17, 15) is 5.11 Å². The number of hydrogen-bond donors (Lipinski definition) is 2. The van der Waals surface area contributed by atoms with Crippen LogP contribution in [0.25, 0.3) is 10.8 Å². The molecule has 0 bridgehead atoms. The maximum absolute atomic E-state index is 10.1. The summed E-state index contributed by atoms with van der Waals surface area (Å²) in [6.07, 6.45) is 7.32. The number of benzene rings is 2. The van der Waals surface area contributed by atoms with Crippen molar-refractivity contribution in [1.82, 2.24) is 5.32 Å². The van der Waals surface area contributed by atoms with E-state index in [2.05, 4.69) is 23.5 Å². The molecule has 2 aromatic carbocycles. The lowest BCUT2D eigenvalue weighted by Gasteiger charge is -2.19. The number of fused-ring (bicyclic) bond motifs is 1. The van der Waals surface area contributed by atoms with Gasteiger partial charge in [0, 0.05) is 12.6 Å². The fraction of sp³-hybridized carbons (Fsp3) is 0.500. The fourth-order valence-corrected chi connectivity index (χ4v) is 3.29. The lowest BCUT2D eigenvalue weighted by molar-refractivity contribution is 0.103. The van der Waals surface area contributed by atoms with Crippen LogP contribution in [0.3, 0.4) is 0 Å². The third-order valence-electron chi connectivity index (χ3n) is 4.66. The lowest BCUT2D eigenvalue weighted by Crippen LogP contribution is -2.37. The Morgan fingerprint density at radius 1 is 1.00 bits per heavy atom. The molecule has 2 aromatic rings. The molecule has 1 aliphatic rings. The number of aliphatic hydroxyl groups excluding tert-OH is 1. The molecule has 0 amide bonds. The van der Waals surface area contributed by atoms with Crippen molar-refractivity contribution in [2.45, 2.75) is 50.7 Å². The van der Waals surface area contributed by atoms with Crippen LogP contribution in [-0.2, 0) is 0 Å². The molecule has 0 aromatic heterocycles. The van der Waals surface area contributed by atoms with E-state index in [1.807, 2.05) is 24.3 Å². The molecule has 1 unspecified atom stereocenters. The first-order valence-corrected chi connectivity index (χ1v) is 8.84. The number of nitrogens with one attached hydrogen (secondary N) is 1. The van der Waals surface area contributed by atoms with Gasteiger partial charge in [-0.25, -0.2) is 0 Å². The molecule has 3 nitrogen and oxygen atoms in total. The first kappa shape index (κ1) is 16.3. The van der Waals surface area contributed by atoms with Gasteiger partial charge < -0.3 is 15.2 Å². The average Bonchev–Trinajstić information content (AvgIpc) is 2.87. The zero-order chi connectivity index (χ0) is 15.9. The zero-order valence-electron chi connectivity index (χ0n) is 13.7. The summed E-state index contributed by atoms with van der Waals surface area (Å²) in [6, 6.07) is 14.8. The number of rotatable bonds is 6. The average molecular weight is 313 g/mol. The van der Waals surface area contributed by atoms with Gasteiger partial charge in [-0.15, -0.1) is 0 Å². The van der Waals surface area contributed by atoms with E-state index >= 15 is 0 Å². The van der Waals surface area contributed by atoms with Gasteiger partial charge in [0.05, 0.1) is 0 Å². The number of hydrogen-bond acceptors (Lipinski definition) is 3. The first-order valence-electron chi connectivity index (χ1n) is 8.84. The summed E-state index contributed by atoms with van der Waals surface area (Å²) in [5, 5.41) is 16.0.